The van der Waals surface area contributed by atoms with Gasteiger partial charge in [-0.3, -0.25) is 4.79 Å². The number of carbonyl (C=O) groups is 1. The number of ether oxygens (including phenoxy) is 2. The number of hydrogen-bond acceptors (Lipinski definition) is 6. The van der Waals surface area contributed by atoms with Crippen LogP contribution in [-0.4, -0.2) is 56.7 Å². The maximum absolute atomic E-state index is 15.8. The average molecular weight is 526 g/mol. The fourth-order valence-corrected chi connectivity index (χ4v) is 5.50. The minimum Gasteiger partial charge on any atom is -0.481 e. The van der Waals surface area contributed by atoms with Gasteiger partial charge in [0.1, 0.15) is 5.69 Å². The fraction of sp³-hybridized carbons (Fsp3) is 0.464. The summed E-state index contributed by atoms with van der Waals surface area (Å²) in [6.07, 6.45) is 0.339. The number of para-hydroxylation sites is 1. The lowest BCUT2D eigenvalue weighted by atomic mass is 9.99. The Morgan fingerprint density at radius 3 is 2.65 bits per heavy atom. The monoisotopic (exact) mass is 525 g/mol. The number of methoxy groups -OCH3 is 1. The van der Waals surface area contributed by atoms with Gasteiger partial charge in [-0.2, -0.15) is 0 Å². The summed E-state index contributed by atoms with van der Waals surface area (Å²) < 4.78 is 33.2. The predicted molar refractivity (Wildman–Crippen MR) is 144 cm³/mol. The lowest BCUT2D eigenvalue weighted by molar-refractivity contribution is -0.0196. The van der Waals surface area contributed by atoms with Crippen LogP contribution < -0.4 is 10.1 Å². The number of fused-ring (bicyclic) bond motifs is 1. The van der Waals surface area contributed by atoms with Crippen LogP contribution in [0.15, 0.2) is 48.7 Å². The van der Waals surface area contributed by atoms with Gasteiger partial charge in [-0.05, 0) is 42.8 Å². The minimum absolute atomic E-state index is 0.0280. The van der Waals surface area contributed by atoms with Crippen molar-refractivity contribution in [3.8, 4) is 5.88 Å². The van der Waals surface area contributed by atoms with Gasteiger partial charge in [0.15, 0.2) is 14.5 Å². The van der Waals surface area contributed by atoms with Crippen LogP contribution in [0.3, 0.4) is 0 Å². The Labute approximate surface area is 218 Å². The molecule has 0 spiro atoms. The molecule has 1 unspecified atom stereocenters. The first-order valence-corrected chi connectivity index (χ1v) is 15.5. The van der Waals surface area contributed by atoms with E-state index in [0.717, 1.165) is 0 Å². The van der Waals surface area contributed by atoms with Crippen molar-refractivity contribution < 1.29 is 23.1 Å². The Bertz CT molecular complexity index is 1250. The van der Waals surface area contributed by atoms with E-state index in [9.17, 15) is 4.79 Å². The highest BCUT2D eigenvalue weighted by molar-refractivity contribution is 6.74. The van der Waals surface area contributed by atoms with E-state index in [2.05, 4.69) is 49.1 Å². The number of benzene rings is 1. The normalized spacial score (nSPS) is 19.4. The quantitative estimate of drug-likeness (QED) is 0.404. The van der Waals surface area contributed by atoms with Gasteiger partial charge in [0, 0.05) is 35.4 Å². The smallest absolute Gasteiger partial charge is 0.270 e. The van der Waals surface area contributed by atoms with Crippen molar-refractivity contribution in [3.63, 3.8) is 0 Å². The number of amides is 1. The first kappa shape index (κ1) is 27.2. The van der Waals surface area contributed by atoms with Gasteiger partial charge < -0.3 is 19.2 Å². The minimum atomic E-state index is -2.08. The van der Waals surface area contributed by atoms with Crippen molar-refractivity contribution in [3.05, 3.63) is 65.5 Å². The third kappa shape index (κ3) is 6.00. The van der Waals surface area contributed by atoms with E-state index in [1.807, 2.05) is 18.2 Å². The van der Waals surface area contributed by atoms with Crippen LogP contribution in [0.4, 0.5) is 4.39 Å². The number of halogens is 1. The molecule has 3 atom stereocenters. The number of carbonyl (C=O) groups excluding carboxylic acids is 1. The number of aromatic nitrogens is 2. The number of rotatable bonds is 7. The maximum atomic E-state index is 15.8. The van der Waals surface area contributed by atoms with Crippen molar-refractivity contribution in [1.29, 1.82) is 0 Å². The van der Waals surface area contributed by atoms with E-state index in [0.29, 0.717) is 47.5 Å². The van der Waals surface area contributed by atoms with Crippen LogP contribution in [0, 0.1) is 0 Å². The molecule has 3 aromatic rings. The van der Waals surface area contributed by atoms with Gasteiger partial charge in [-0.25, -0.2) is 14.4 Å². The second-order valence-corrected chi connectivity index (χ2v) is 15.7. The van der Waals surface area contributed by atoms with Crippen molar-refractivity contribution in [1.82, 2.24) is 15.3 Å². The summed E-state index contributed by atoms with van der Waals surface area (Å²) in [6, 6.07) is 11.8. The van der Waals surface area contributed by atoms with Crippen LogP contribution in [-0.2, 0) is 9.16 Å². The molecule has 1 saturated heterocycles. The molecule has 0 aliphatic carbocycles. The van der Waals surface area contributed by atoms with Crippen LogP contribution in [0.2, 0.25) is 18.1 Å². The summed E-state index contributed by atoms with van der Waals surface area (Å²) in [5, 5.41) is 3.78. The molecule has 0 saturated carbocycles. The zero-order chi connectivity index (χ0) is 26.8. The Hall–Kier alpha value is -2.88. The molecule has 9 heteroatoms. The molecule has 1 aromatic carbocycles. The summed E-state index contributed by atoms with van der Waals surface area (Å²) in [5.74, 6) is 0.0457. The lowest BCUT2D eigenvalue weighted by Crippen LogP contribution is -2.55. The molecule has 2 aromatic heterocycles. The molecule has 1 amide bonds. The zero-order valence-corrected chi connectivity index (χ0v) is 23.4. The molecule has 0 bridgehead atoms. The van der Waals surface area contributed by atoms with Gasteiger partial charge >= 0.3 is 0 Å². The lowest BCUT2D eigenvalue weighted by Gasteiger charge is -2.42. The number of hydrogen-bond donors (Lipinski definition) is 1. The molecule has 7 nitrogen and oxygen atoms in total. The first-order chi connectivity index (χ1) is 17.5. The Balaban J connectivity index is 1.62. The highest BCUT2D eigenvalue weighted by Gasteiger charge is 2.42. The molecule has 4 rings (SSSR count). The van der Waals surface area contributed by atoms with Gasteiger partial charge in [0.25, 0.3) is 5.91 Å². The van der Waals surface area contributed by atoms with Crippen LogP contribution in [0.5, 0.6) is 5.88 Å². The number of nitrogens with zero attached hydrogens (tertiary/aromatic N) is 2. The Morgan fingerprint density at radius 2 is 1.97 bits per heavy atom. The summed E-state index contributed by atoms with van der Waals surface area (Å²) in [7, 11) is -0.570. The summed E-state index contributed by atoms with van der Waals surface area (Å²) in [6.45, 7) is 11.9. The van der Waals surface area contributed by atoms with Crippen molar-refractivity contribution in [2.45, 2.75) is 63.6 Å². The topological polar surface area (TPSA) is 82.6 Å². The molecule has 37 heavy (non-hydrogen) atoms. The van der Waals surface area contributed by atoms with E-state index in [1.165, 1.54) is 19.4 Å². The zero-order valence-electron chi connectivity index (χ0n) is 22.4. The van der Waals surface area contributed by atoms with E-state index in [-0.39, 0.29) is 28.8 Å². The second kappa shape index (κ2) is 10.8. The predicted octanol–water partition coefficient (Wildman–Crippen LogP) is 5.61. The highest BCUT2D eigenvalue weighted by atomic mass is 28.4. The molecule has 198 valence electrons. The SMILES string of the molecule is COc1ccc(C(F)c2cc(C(=O)N[C@H]3CCOC[C@@H]3O[Si](C)(C)C(C)(C)C)nc3ccccc23)cn1. The standard InChI is InChI=1S/C28H36FN3O4Si/c1-28(2,3)37(5,6)36-24-17-35-14-13-22(24)32-27(33)23-15-20(19-9-7-8-10-21(19)31-23)26(29)18-11-12-25(34-4)30-16-18/h7-12,15-16,22,24,26H,13-14,17H2,1-6H3,(H,32,33)/t22-,24-,26?/m0/s1. The van der Waals surface area contributed by atoms with E-state index in [1.54, 1.807) is 18.2 Å². The Kier molecular flexibility index (Phi) is 7.96. The summed E-state index contributed by atoms with van der Waals surface area (Å²) in [5.41, 5.74) is 1.45. The molecule has 3 heterocycles. The van der Waals surface area contributed by atoms with Crippen molar-refractivity contribution in [2.75, 3.05) is 20.3 Å². The third-order valence-electron chi connectivity index (χ3n) is 7.39. The summed E-state index contributed by atoms with van der Waals surface area (Å²) in [4.78, 5) is 22.1. The highest BCUT2D eigenvalue weighted by Crippen LogP contribution is 2.38. The second-order valence-electron chi connectivity index (χ2n) is 11.0. The number of nitrogens with one attached hydrogen (secondary N) is 1. The molecule has 1 N–H and O–H groups in total. The van der Waals surface area contributed by atoms with Crippen molar-refractivity contribution >= 4 is 25.1 Å². The van der Waals surface area contributed by atoms with Crippen molar-refractivity contribution in [2.24, 2.45) is 0 Å². The third-order valence-corrected chi connectivity index (χ3v) is 11.9. The number of pyridine rings is 2. The van der Waals surface area contributed by atoms with Gasteiger partial charge in [0.05, 0.1) is 31.4 Å². The number of alkyl halides is 1. The largest absolute Gasteiger partial charge is 0.481 e. The molecule has 1 fully saturated rings. The molecular formula is C28H36FN3O4Si. The van der Waals surface area contributed by atoms with Gasteiger partial charge in [-0.15, -0.1) is 0 Å². The van der Waals surface area contributed by atoms with E-state index in [4.69, 9.17) is 13.9 Å². The average Bonchev–Trinajstić information content (AvgIpc) is 2.88. The van der Waals surface area contributed by atoms with E-state index < -0.39 is 14.5 Å². The van der Waals surface area contributed by atoms with Crippen LogP contribution in [0.1, 0.15) is 55.0 Å². The molecular weight excluding hydrogens is 489 g/mol. The van der Waals surface area contributed by atoms with Gasteiger partial charge in [-0.1, -0.05) is 39.0 Å². The maximum Gasteiger partial charge on any atom is 0.270 e. The van der Waals surface area contributed by atoms with Gasteiger partial charge in [0.2, 0.25) is 5.88 Å². The molecule has 0 radical (unpaired) electrons. The van der Waals surface area contributed by atoms with Crippen LogP contribution in [0.25, 0.3) is 10.9 Å². The molecule has 1 aliphatic heterocycles. The van der Waals surface area contributed by atoms with E-state index >= 15 is 4.39 Å². The van der Waals surface area contributed by atoms with Crippen LogP contribution >= 0.6 is 0 Å². The Morgan fingerprint density at radius 1 is 1.22 bits per heavy atom. The first-order valence-electron chi connectivity index (χ1n) is 12.6. The summed E-state index contributed by atoms with van der Waals surface area (Å²) >= 11 is 0. The fourth-order valence-electron chi connectivity index (χ4n) is 4.16. The molecule has 1 aliphatic rings.